The van der Waals surface area contributed by atoms with Crippen LogP contribution in [0.1, 0.15) is 38.5 Å². The standard InChI is InChI=1S/C12H22ClNO/c1-15-12-7-3-2-6-11(12)14-8-4-5-10(14)9-13/h10-12H,2-9H2,1H3. The SMILES string of the molecule is COC1CCCCC1N1CCCC1CCl. The molecule has 3 unspecified atom stereocenters. The predicted octanol–water partition coefficient (Wildman–Crippen LogP) is 2.65. The van der Waals surface area contributed by atoms with Crippen LogP contribution in [-0.4, -0.2) is 42.6 Å². The van der Waals surface area contributed by atoms with Crippen LogP contribution in [0.25, 0.3) is 0 Å². The Morgan fingerprint density at radius 1 is 1.20 bits per heavy atom. The van der Waals surface area contributed by atoms with E-state index in [1.807, 2.05) is 7.11 Å². The van der Waals surface area contributed by atoms with Gasteiger partial charge in [0.25, 0.3) is 0 Å². The maximum Gasteiger partial charge on any atom is 0.0726 e. The summed E-state index contributed by atoms with van der Waals surface area (Å²) in [6.45, 7) is 1.22. The first-order valence-electron chi connectivity index (χ1n) is 6.21. The fourth-order valence-corrected chi connectivity index (χ4v) is 3.52. The molecule has 0 aromatic carbocycles. The Labute approximate surface area is 97.9 Å². The van der Waals surface area contributed by atoms with Crippen molar-refractivity contribution in [3.05, 3.63) is 0 Å². The highest BCUT2D eigenvalue weighted by Gasteiger charge is 2.36. The minimum atomic E-state index is 0.447. The number of methoxy groups -OCH3 is 1. The molecule has 2 aliphatic rings. The van der Waals surface area contributed by atoms with E-state index in [1.165, 1.54) is 45.1 Å². The van der Waals surface area contributed by atoms with Gasteiger partial charge >= 0.3 is 0 Å². The van der Waals surface area contributed by atoms with Gasteiger partial charge in [0.2, 0.25) is 0 Å². The summed E-state index contributed by atoms with van der Waals surface area (Å²) < 4.78 is 5.62. The Hall–Kier alpha value is 0.210. The molecule has 0 spiro atoms. The second-order valence-electron chi connectivity index (χ2n) is 4.81. The second kappa shape index (κ2) is 5.51. The molecule has 2 nitrogen and oxygen atoms in total. The van der Waals surface area contributed by atoms with Crippen molar-refractivity contribution in [2.24, 2.45) is 0 Å². The summed E-state index contributed by atoms with van der Waals surface area (Å²) in [6, 6.07) is 1.24. The van der Waals surface area contributed by atoms with Gasteiger partial charge in [0.15, 0.2) is 0 Å². The number of hydrogen-bond acceptors (Lipinski definition) is 2. The first kappa shape index (κ1) is 11.7. The minimum absolute atomic E-state index is 0.447. The number of nitrogens with zero attached hydrogens (tertiary/aromatic N) is 1. The fourth-order valence-electron chi connectivity index (χ4n) is 3.19. The van der Waals surface area contributed by atoms with Gasteiger partial charge in [-0.3, -0.25) is 4.90 Å². The van der Waals surface area contributed by atoms with E-state index in [2.05, 4.69) is 4.90 Å². The molecule has 0 amide bonds. The maximum absolute atomic E-state index is 6.03. The summed E-state index contributed by atoms with van der Waals surface area (Å²) >= 11 is 6.03. The molecule has 1 saturated heterocycles. The molecule has 0 N–H and O–H groups in total. The van der Waals surface area contributed by atoms with Crippen molar-refractivity contribution in [2.45, 2.75) is 56.7 Å². The van der Waals surface area contributed by atoms with Crippen LogP contribution in [0, 0.1) is 0 Å². The van der Waals surface area contributed by atoms with E-state index >= 15 is 0 Å². The Morgan fingerprint density at radius 3 is 2.73 bits per heavy atom. The number of halogens is 1. The predicted molar refractivity (Wildman–Crippen MR) is 63.5 cm³/mol. The Bertz CT molecular complexity index is 200. The highest BCUT2D eigenvalue weighted by Crippen LogP contribution is 2.31. The van der Waals surface area contributed by atoms with Crippen molar-refractivity contribution < 1.29 is 4.74 Å². The van der Waals surface area contributed by atoms with E-state index in [1.54, 1.807) is 0 Å². The Balaban J connectivity index is 1.99. The van der Waals surface area contributed by atoms with E-state index in [9.17, 15) is 0 Å². The summed E-state index contributed by atoms with van der Waals surface area (Å²) in [6.07, 6.45) is 8.24. The Kier molecular flexibility index (Phi) is 4.30. The van der Waals surface area contributed by atoms with Crippen molar-refractivity contribution in [1.29, 1.82) is 0 Å². The maximum atomic E-state index is 6.03. The lowest BCUT2D eigenvalue weighted by Gasteiger charge is -2.39. The number of likely N-dealkylation sites (tertiary alicyclic amines) is 1. The van der Waals surface area contributed by atoms with E-state index < -0.39 is 0 Å². The molecule has 0 bridgehead atoms. The van der Waals surface area contributed by atoms with Gasteiger partial charge < -0.3 is 4.74 Å². The normalized spacial score (nSPS) is 38.4. The van der Waals surface area contributed by atoms with Crippen molar-refractivity contribution in [3.63, 3.8) is 0 Å². The van der Waals surface area contributed by atoms with E-state index in [0.717, 1.165) is 5.88 Å². The first-order valence-corrected chi connectivity index (χ1v) is 6.74. The largest absolute Gasteiger partial charge is 0.380 e. The van der Waals surface area contributed by atoms with Crippen LogP contribution in [0.5, 0.6) is 0 Å². The highest BCUT2D eigenvalue weighted by atomic mass is 35.5. The van der Waals surface area contributed by atoms with Crippen LogP contribution in [0.2, 0.25) is 0 Å². The molecular weight excluding hydrogens is 210 g/mol. The van der Waals surface area contributed by atoms with E-state index in [4.69, 9.17) is 16.3 Å². The zero-order valence-corrected chi connectivity index (χ0v) is 10.4. The monoisotopic (exact) mass is 231 g/mol. The van der Waals surface area contributed by atoms with Gasteiger partial charge in [-0.1, -0.05) is 12.8 Å². The molecule has 88 valence electrons. The molecule has 1 heterocycles. The van der Waals surface area contributed by atoms with Crippen molar-refractivity contribution in [3.8, 4) is 0 Å². The summed E-state index contributed by atoms with van der Waals surface area (Å²) in [7, 11) is 1.86. The van der Waals surface area contributed by atoms with Crippen molar-refractivity contribution >= 4 is 11.6 Å². The minimum Gasteiger partial charge on any atom is -0.380 e. The molecule has 0 aromatic rings. The molecule has 3 heteroatoms. The van der Waals surface area contributed by atoms with Gasteiger partial charge in [-0.05, 0) is 32.2 Å². The van der Waals surface area contributed by atoms with Crippen LogP contribution in [-0.2, 0) is 4.74 Å². The number of hydrogen-bond donors (Lipinski definition) is 0. The van der Waals surface area contributed by atoms with Crippen molar-refractivity contribution in [2.75, 3.05) is 19.5 Å². The molecule has 1 aliphatic heterocycles. The number of alkyl halides is 1. The van der Waals surface area contributed by atoms with Crippen LogP contribution in [0.3, 0.4) is 0 Å². The average molecular weight is 232 g/mol. The van der Waals surface area contributed by atoms with E-state index in [0.29, 0.717) is 18.2 Å². The molecule has 1 aliphatic carbocycles. The van der Waals surface area contributed by atoms with E-state index in [-0.39, 0.29) is 0 Å². The van der Waals surface area contributed by atoms with Gasteiger partial charge in [0, 0.05) is 25.1 Å². The third-order valence-corrected chi connectivity index (χ3v) is 4.35. The van der Waals surface area contributed by atoms with Gasteiger partial charge in [-0.2, -0.15) is 0 Å². The van der Waals surface area contributed by atoms with Crippen LogP contribution < -0.4 is 0 Å². The molecule has 15 heavy (non-hydrogen) atoms. The van der Waals surface area contributed by atoms with Gasteiger partial charge in [0.1, 0.15) is 0 Å². The lowest BCUT2D eigenvalue weighted by molar-refractivity contribution is -0.0131. The molecule has 0 aromatic heterocycles. The molecular formula is C12H22ClNO. The average Bonchev–Trinajstić information content (AvgIpc) is 2.76. The zero-order valence-electron chi connectivity index (χ0n) is 9.62. The third kappa shape index (κ3) is 2.48. The summed E-state index contributed by atoms with van der Waals surface area (Å²) in [5.74, 6) is 0.785. The van der Waals surface area contributed by atoms with Crippen LogP contribution in [0.4, 0.5) is 0 Å². The molecule has 2 rings (SSSR count). The third-order valence-electron chi connectivity index (χ3n) is 4.00. The first-order chi connectivity index (χ1) is 7.36. The van der Waals surface area contributed by atoms with Crippen LogP contribution >= 0.6 is 11.6 Å². The summed E-state index contributed by atoms with van der Waals surface area (Å²) in [4.78, 5) is 2.61. The molecule has 2 fully saturated rings. The topological polar surface area (TPSA) is 12.5 Å². The molecule has 3 atom stereocenters. The summed E-state index contributed by atoms with van der Waals surface area (Å²) in [5, 5.41) is 0. The Morgan fingerprint density at radius 2 is 2.00 bits per heavy atom. The molecule has 1 saturated carbocycles. The summed E-state index contributed by atoms with van der Waals surface area (Å²) in [5.41, 5.74) is 0. The lowest BCUT2D eigenvalue weighted by atomic mass is 9.91. The number of rotatable bonds is 3. The van der Waals surface area contributed by atoms with Crippen molar-refractivity contribution in [1.82, 2.24) is 4.90 Å². The lowest BCUT2D eigenvalue weighted by Crippen LogP contribution is -2.48. The molecule has 0 radical (unpaired) electrons. The number of ether oxygens (including phenoxy) is 1. The quantitative estimate of drug-likeness (QED) is 0.693. The van der Waals surface area contributed by atoms with Gasteiger partial charge in [-0.15, -0.1) is 11.6 Å². The fraction of sp³-hybridized carbons (Fsp3) is 1.00. The smallest absolute Gasteiger partial charge is 0.0726 e. The zero-order chi connectivity index (χ0) is 10.7. The van der Waals surface area contributed by atoms with Gasteiger partial charge in [-0.25, -0.2) is 0 Å². The van der Waals surface area contributed by atoms with Gasteiger partial charge in [0.05, 0.1) is 6.10 Å². The highest BCUT2D eigenvalue weighted by molar-refractivity contribution is 6.18. The second-order valence-corrected chi connectivity index (χ2v) is 5.12. The van der Waals surface area contributed by atoms with Crippen LogP contribution in [0.15, 0.2) is 0 Å².